The molecular formula is C23H26FN3O5S. The van der Waals surface area contributed by atoms with Crippen LogP contribution in [0, 0.1) is 0 Å². The molecule has 0 saturated carbocycles. The van der Waals surface area contributed by atoms with Crippen LogP contribution in [-0.2, 0) is 9.84 Å². The van der Waals surface area contributed by atoms with Crippen molar-refractivity contribution in [3.05, 3.63) is 53.7 Å². The van der Waals surface area contributed by atoms with Gasteiger partial charge in [-0.15, -0.1) is 0 Å². The van der Waals surface area contributed by atoms with Gasteiger partial charge in [0.25, 0.3) is 5.91 Å². The molecule has 0 spiro atoms. The molecule has 2 aromatic carbocycles. The van der Waals surface area contributed by atoms with Gasteiger partial charge >= 0.3 is 0 Å². The number of carbonyl (C=O) groups excluding carboxylic acids is 1. The Morgan fingerprint density at radius 3 is 2.67 bits per heavy atom. The molecule has 33 heavy (non-hydrogen) atoms. The topological polar surface area (TPSA) is 111 Å². The lowest BCUT2D eigenvalue weighted by Crippen LogP contribution is -2.63. The number of sulfone groups is 1. The molecule has 1 amide bonds. The lowest BCUT2D eigenvalue weighted by molar-refractivity contribution is 0.0859. The summed E-state index contributed by atoms with van der Waals surface area (Å²) in [5, 5.41) is 18.5. The highest BCUT2D eigenvalue weighted by atomic mass is 32.2. The molecule has 1 aliphatic rings. The molecule has 2 N–H and O–H groups in total. The molecule has 4 rings (SSSR count). The quantitative estimate of drug-likeness (QED) is 0.543. The monoisotopic (exact) mass is 475 g/mol. The average Bonchev–Trinajstić information content (AvgIpc) is 3.10. The first-order chi connectivity index (χ1) is 15.5. The summed E-state index contributed by atoms with van der Waals surface area (Å²) in [5.41, 5.74) is 1.20. The van der Waals surface area contributed by atoms with E-state index < -0.39 is 33.7 Å². The van der Waals surface area contributed by atoms with Crippen molar-refractivity contribution in [3.63, 3.8) is 0 Å². The van der Waals surface area contributed by atoms with Gasteiger partial charge in [0.2, 0.25) is 6.36 Å². The minimum absolute atomic E-state index is 0.0956. The zero-order chi connectivity index (χ0) is 24.0. The fraction of sp³-hybridized carbons (Fsp3) is 0.391. The first-order valence-corrected chi connectivity index (χ1v) is 12.5. The van der Waals surface area contributed by atoms with Crippen LogP contribution in [0.5, 0.6) is 5.75 Å². The van der Waals surface area contributed by atoms with E-state index in [-0.39, 0.29) is 11.5 Å². The van der Waals surface area contributed by atoms with Crippen LogP contribution in [0.4, 0.5) is 4.39 Å². The van der Waals surface area contributed by atoms with Gasteiger partial charge in [0, 0.05) is 23.9 Å². The molecule has 2 atom stereocenters. The number of halogens is 1. The van der Waals surface area contributed by atoms with Crippen LogP contribution in [0.25, 0.3) is 16.6 Å². The van der Waals surface area contributed by atoms with Crippen LogP contribution in [0.3, 0.4) is 0 Å². The Hall–Kier alpha value is -2.98. The van der Waals surface area contributed by atoms with E-state index in [9.17, 15) is 22.7 Å². The number of aliphatic hydroxyl groups excluding tert-OH is 1. The van der Waals surface area contributed by atoms with E-state index in [1.807, 2.05) is 6.92 Å². The molecule has 176 valence electrons. The zero-order valence-electron chi connectivity index (χ0n) is 18.6. The van der Waals surface area contributed by atoms with E-state index in [1.165, 1.54) is 6.92 Å². The lowest BCUT2D eigenvalue weighted by atomic mass is 10.0. The Morgan fingerprint density at radius 1 is 1.30 bits per heavy atom. The maximum Gasteiger partial charge on any atom is 0.251 e. The Morgan fingerprint density at radius 2 is 2.03 bits per heavy atom. The number of ether oxygens (including phenoxy) is 1. The zero-order valence-corrected chi connectivity index (χ0v) is 19.4. The normalized spacial score (nSPS) is 18.3. The summed E-state index contributed by atoms with van der Waals surface area (Å²) < 4.78 is 43.1. The van der Waals surface area contributed by atoms with E-state index in [0.29, 0.717) is 40.0 Å². The molecular weight excluding hydrogens is 449 g/mol. The summed E-state index contributed by atoms with van der Waals surface area (Å²) in [6.07, 6.45) is -1.91. The Bertz CT molecular complexity index is 1310. The Kier molecular flexibility index (Phi) is 5.92. The van der Waals surface area contributed by atoms with Crippen molar-refractivity contribution in [2.75, 3.05) is 11.5 Å². The number of amides is 1. The van der Waals surface area contributed by atoms with E-state index in [0.717, 1.165) is 0 Å². The van der Waals surface area contributed by atoms with Crippen LogP contribution in [0.15, 0.2) is 42.5 Å². The average molecular weight is 476 g/mol. The first kappa shape index (κ1) is 23.2. The third-order valence-corrected chi connectivity index (χ3v) is 7.68. The van der Waals surface area contributed by atoms with Crippen molar-refractivity contribution in [3.8, 4) is 11.4 Å². The highest BCUT2D eigenvalue weighted by molar-refractivity contribution is 7.93. The van der Waals surface area contributed by atoms with Crippen LogP contribution >= 0.6 is 0 Å². The van der Waals surface area contributed by atoms with Gasteiger partial charge in [-0.25, -0.2) is 17.5 Å². The molecule has 1 aromatic heterocycles. The largest absolute Gasteiger partial charge is 0.461 e. The number of aliphatic hydroxyl groups is 1. The fourth-order valence-corrected chi connectivity index (χ4v) is 6.14. The molecule has 3 aromatic rings. The predicted molar refractivity (Wildman–Crippen MR) is 122 cm³/mol. The number of fused-ring (bicyclic) bond motifs is 1. The van der Waals surface area contributed by atoms with E-state index >= 15 is 0 Å². The number of aromatic nitrogens is 2. The van der Waals surface area contributed by atoms with Crippen molar-refractivity contribution in [2.24, 2.45) is 0 Å². The van der Waals surface area contributed by atoms with Crippen molar-refractivity contribution >= 4 is 26.6 Å². The van der Waals surface area contributed by atoms with Gasteiger partial charge in [-0.3, -0.25) is 4.79 Å². The third-order valence-electron chi connectivity index (χ3n) is 5.53. The van der Waals surface area contributed by atoms with E-state index in [4.69, 9.17) is 4.74 Å². The summed E-state index contributed by atoms with van der Waals surface area (Å²) in [4.78, 5) is 12.8. The number of hydrogen-bond donors (Lipinski definition) is 2. The summed E-state index contributed by atoms with van der Waals surface area (Å²) in [6, 6.07) is 11.8. The van der Waals surface area contributed by atoms with Crippen molar-refractivity contribution in [1.82, 2.24) is 15.1 Å². The predicted octanol–water partition coefficient (Wildman–Crippen LogP) is 3.08. The maximum absolute atomic E-state index is 13.3. The number of carbonyl (C=O) groups is 1. The minimum atomic E-state index is -3.11. The molecule has 1 unspecified atom stereocenters. The van der Waals surface area contributed by atoms with Gasteiger partial charge in [0.05, 0.1) is 40.0 Å². The molecule has 2 heterocycles. The van der Waals surface area contributed by atoms with Gasteiger partial charge in [-0.1, -0.05) is 13.0 Å². The standard InChI is InChI=1S/C23H26FN3O5S/c1-4-20(28)21-18-10-15(22(29)25-23(3)12-33(30,31)13-23)8-9-19(18)27(26-21)16-6-5-7-17(11-16)32-14(2)24/h5-11,14,20,28H,4,12-13H2,1-3H3,(H,25,29)/t14?,20-/m1/s1. The Balaban J connectivity index is 1.73. The molecule has 0 bridgehead atoms. The van der Waals surface area contributed by atoms with Crippen LogP contribution < -0.4 is 10.1 Å². The van der Waals surface area contributed by atoms with Gasteiger partial charge < -0.3 is 15.2 Å². The summed E-state index contributed by atoms with van der Waals surface area (Å²) >= 11 is 0. The highest BCUT2D eigenvalue weighted by Gasteiger charge is 2.45. The highest BCUT2D eigenvalue weighted by Crippen LogP contribution is 2.30. The number of nitrogens with zero attached hydrogens (tertiary/aromatic N) is 2. The van der Waals surface area contributed by atoms with E-state index in [1.54, 1.807) is 54.1 Å². The molecule has 8 nitrogen and oxygen atoms in total. The summed E-state index contributed by atoms with van der Waals surface area (Å²) in [6.45, 7) is 4.81. The van der Waals surface area contributed by atoms with Crippen LogP contribution in [0.2, 0.25) is 0 Å². The number of rotatable bonds is 7. The number of alkyl halides is 1. The molecule has 0 radical (unpaired) electrons. The second-order valence-corrected chi connectivity index (χ2v) is 10.7. The van der Waals surface area contributed by atoms with E-state index in [2.05, 4.69) is 10.4 Å². The van der Waals surface area contributed by atoms with Gasteiger partial charge in [-0.05, 0) is 43.7 Å². The van der Waals surface area contributed by atoms with Crippen molar-refractivity contribution < 1.29 is 27.4 Å². The smallest absolute Gasteiger partial charge is 0.251 e. The second kappa shape index (κ2) is 8.42. The molecule has 1 saturated heterocycles. The number of hydrogen-bond acceptors (Lipinski definition) is 6. The molecule has 1 fully saturated rings. The SMILES string of the molecule is CC[C@@H](O)c1nn(-c2cccc(OC(C)F)c2)c2ccc(C(=O)NC3(C)CS(=O)(=O)C3)cc12. The number of nitrogens with one attached hydrogen (secondary N) is 1. The molecule has 1 aliphatic heterocycles. The number of benzene rings is 2. The lowest BCUT2D eigenvalue weighted by Gasteiger charge is -2.38. The second-order valence-electron chi connectivity index (χ2n) is 8.66. The van der Waals surface area contributed by atoms with Crippen LogP contribution in [-0.4, -0.2) is 52.6 Å². The first-order valence-electron chi connectivity index (χ1n) is 10.6. The van der Waals surface area contributed by atoms with Crippen molar-refractivity contribution in [1.29, 1.82) is 0 Å². The minimum Gasteiger partial charge on any atom is -0.461 e. The summed E-state index contributed by atoms with van der Waals surface area (Å²) in [7, 11) is -3.11. The fourth-order valence-electron chi connectivity index (χ4n) is 4.14. The van der Waals surface area contributed by atoms with Gasteiger partial charge in [0.15, 0.2) is 9.84 Å². The molecule has 0 aliphatic carbocycles. The maximum atomic E-state index is 13.3. The van der Waals surface area contributed by atoms with Gasteiger partial charge in [-0.2, -0.15) is 5.10 Å². The van der Waals surface area contributed by atoms with Crippen LogP contribution in [0.1, 0.15) is 49.3 Å². The third kappa shape index (κ3) is 4.72. The molecule has 10 heteroatoms. The summed E-state index contributed by atoms with van der Waals surface area (Å²) in [5.74, 6) is -0.252. The van der Waals surface area contributed by atoms with Gasteiger partial charge in [0.1, 0.15) is 5.75 Å². The Labute approximate surface area is 191 Å². The van der Waals surface area contributed by atoms with Crippen molar-refractivity contribution in [2.45, 2.75) is 45.2 Å².